The fourth-order valence-electron chi connectivity index (χ4n) is 1.59. The zero-order chi connectivity index (χ0) is 19.9. The predicted octanol–water partition coefficient (Wildman–Crippen LogP) is 3.18. The monoisotopic (exact) mass is 406 g/mol. The summed E-state index contributed by atoms with van der Waals surface area (Å²) >= 11 is 0. The van der Waals surface area contributed by atoms with Crippen molar-refractivity contribution in [3.05, 3.63) is 72.8 Å². The second kappa shape index (κ2) is 19.1. The van der Waals surface area contributed by atoms with Gasteiger partial charge in [-0.2, -0.15) is 0 Å². The van der Waals surface area contributed by atoms with Gasteiger partial charge in [0.1, 0.15) is 11.5 Å². The molecule has 2 aromatic carbocycles. The summed E-state index contributed by atoms with van der Waals surface area (Å²) in [6.45, 7) is 8.36. The first kappa shape index (κ1) is 31.4. The quantitative estimate of drug-likeness (QED) is 0.460. The molecular weight excluding hydrogens is 382 g/mol. The molecular formula is C20H24Na2O6. The summed E-state index contributed by atoms with van der Waals surface area (Å²) in [7, 11) is 1.31. The van der Waals surface area contributed by atoms with Crippen LogP contribution in [-0.2, 0) is 9.47 Å². The van der Waals surface area contributed by atoms with Gasteiger partial charge in [-0.25, -0.2) is 9.59 Å². The number of ether oxygens (including phenoxy) is 2. The number of aromatic hydroxyl groups is 2. The Hall–Kier alpha value is -1.28. The fraction of sp³-hybridized carbons (Fsp3) is 0.200. The van der Waals surface area contributed by atoms with E-state index in [2.05, 4.69) is 17.9 Å². The molecule has 0 atom stereocenters. The molecule has 0 amide bonds. The van der Waals surface area contributed by atoms with E-state index in [4.69, 9.17) is 14.9 Å². The third kappa shape index (κ3) is 13.0. The van der Waals surface area contributed by atoms with E-state index in [0.717, 1.165) is 6.42 Å². The number of phenolic OH excluding ortho intramolecular Hbond substituents is 2. The van der Waals surface area contributed by atoms with Crippen LogP contribution < -0.4 is 0 Å². The van der Waals surface area contributed by atoms with E-state index in [9.17, 15) is 9.59 Å². The molecule has 0 aliphatic carbocycles. The van der Waals surface area contributed by atoms with Crippen molar-refractivity contribution in [3.63, 3.8) is 0 Å². The Morgan fingerprint density at radius 2 is 1.18 bits per heavy atom. The molecule has 0 unspecified atom stereocenters. The first-order valence-corrected chi connectivity index (χ1v) is 7.81. The van der Waals surface area contributed by atoms with Gasteiger partial charge in [0.25, 0.3) is 0 Å². The average Bonchev–Trinajstić information content (AvgIpc) is 2.68. The maximum atomic E-state index is 11.2. The van der Waals surface area contributed by atoms with Crippen LogP contribution in [0.3, 0.4) is 0 Å². The summed E-state index contributed by atoms with van der Waals surface area (Å²) in [5.74, 6) is -0.462. The Bertz CT molecular complexity index is 672. The predicted molar refractivity (Wildman–Crippen MR) is 111 cm³/mol. The summed E-state index contributed by atoms with van der Waals surface area (Å²) in [6, 6.07) is 11.9. The largest absolute Gasteiger partial charge is 0.508 e. The molecule has 0 bridgehead atoms. The molecule has 0 aliphatic heterocycles. The van der Waals surface area contributed by atoms with Gasteiger partial charge < -0.3 is 19.7 Å². The third-order valence-electron chi connectivity index (χ3n) is 2.83. The van der Waals surface area contributed by atoms with E-state index < -0.39 is 5.97 Å². The van der Waals surface area contributed by atoms with Crippen LogP contribution in [0, 0.1) is 0 Å². The van der Waals surface area contributed by atoms with Crippen molar-refractivity contribution in [2.45, 2.75) is 13.3 Å². The van der Waals surface area contributed by atoms with Crippen molar-refractivity contribution in [2.75, 3.05) is 13.7 Å². The van der Waals surface area contributed by atoms with Crippen LogP contribution in [0.1, 0.15) is 34.1 Å². The van der Waals surface area contributed by atoms with Gasteiger partial charge in [-0.1, -0.05) is 6.92 Å². The van der Waals surface area contributed by atoms with E-state index >= 15 is 0 Å². The van der Waals surface area contributed by atoms with E-state index in [0.29, 0.717) is 17.7 Å². The van der Waals surface area contributed by atoms with Crippen LogP contribution in [0.15, 0.2) is 61.7 Å². The molecule has 0 saturated carbocycles. The van der Waals surface area contributed by atoms with Crippen LogP contribution >= 0.6 is 0 Å². The molecule has 0 heterocycles. The molecule has 0 aliphatic rings. The van der Waals surface area contributed by atoms with Crippen LogP contribution in [0.25, 0.3) is 0 Å². The van der Waals surface area contributed by atoms with Crippen molar-refractivity contribution < 1.29 is 29.3 Å². The molecule has 8 heteroatoms. The van der Waals surface area contributed by atoms with E-state index in [1.165, 1.54) is 55.6 Å². The van der Waals surface area contributed by atoms with Crippen molar-refractivity contribution >= 4 is 71.1 Å². The normalized spacial score (nSPS) is 8.21. The Morgan fingerprint density at radius 3 is 1.50 bits per heavy atom. The minimum atomic E-state index is -0.398. The van der Waals surface area contributed by atoms with Crippen molar-refractivity contribution in [3.8, 4) is 11.5 Å². The molecule has 0 spiro atoms. The first-order chi connectivity index (χ1) is 12.5. The van der Waals surface area contributed by atoms with E-state index in [-0.39, 0.29) is 76.6 Å². The van der Waals surface area contributed by atoms with Gasteiger partial charge in [0.05, 0.1) is 24.8 Å². The van der Waals surface area contributed by atoms with Gasteiger partial charge in [-0.05, 0) is 55.0 Å². The smallest absolute Gasteiger partial charge is 0.338 e. The molecule has 0 fully saturated rings. The van der Waals surface area contributed by atoms with Crippen LogP contribution in [0.2, 0.25) is 0 Å². The number of esters is 2. The molecule has 142 valence electrons. The molecule has 2 aromatic rings. The van der Waals surface area contributed by atoms with Gasteiger partial charge in [0, 0.05) is 59.1 Å². The van der Waals surface area contributed by atoms with E-state index in [1.54, 1.807) is 0 Å². The summed E-state index contributed by atoms with van der Waals surface area (Å²) in [6.07, 6.45) is 0.809. The minimum absolute atomic E-state index is 0. The molecule has 2 radical (unpaired) electrons. The average molecular weight is 406 g/mol. The van der Waals surface area contributed by atoms with Crippen molar-refractivity contribution in [1.82, 2.24) is 0 Å². The molecule has 0 aromatic heterocycles. The maximum Gasteiger partial charge on any atom is 0.338 e. The summed E-state index contributed by atoms with van der Waals surface area (Å²) in [5.41, 5.74) is 0.900. The van der Waals surface area contributed by atoms with Gasteiger partial charge in [-0.15, -0.1) is 13.2 Å². The minimum Gasteiger partial charge on any atom is -0.508 e. The zero-order valence-corrected chi connectivity index (χ0v) is 21.0. The third-order valence-corrected chi connectivity index (χ3v) is 2.83. The number of rotatable bonds is 4. The Kier molecular flexibility index (Phi) is 21.4. The zero-order valence-electron chi connectivity index (χ0n) is 17.0. The Morgan fingerprint density at radius 1 is 0.821 bits per heavy atom. The standard InChI is InChI=1S/C10H12O3.C8H8O3.C2H4.2Na/c1-2-7-13-10(12)8-3-5-9(11)6-4-8;1-11-8(10)6-2-4-7(9)5-3-6;1-2;;/h3-6,11H,2,7H2,1H3;2-5,9H,1H3;1-2H2;;. The first-order valence-electron chi connectivity index (χ1n) is 7.81. The summed E-state index contributed by atoms with van der Waals surface area (Å²) in [5, 5.41) is 17.8. The van der Waals surface area contributed by atoms with Crippen molar-refractivity contribution in [1.29, 1.82) is 0 Å². The van der Waals surface area contributed by atoms with Crippen LogP contribution in [-0.4, -0.2) is 95.0 Å². The van der Waals surface area contributed by atoms with Crippen LogP contribution in [0.5, 0.6) is 11.5 Å². The number of phenols is 2. The number of methoxy groups -OCH3 is 1. The number of benzene rings is 2. The molecule has 0 saturated heterocycles. The number of hydrogen-bond acceptors (Lipinski definition) is 6. The maximum absolute atomic E-state index is 11.2. The van der Waals surface area contributed by atoms with Crippen molar-refractivity contribution in [2.24, 2.45) is 0 Å². The summed E-state index contributed by atoms with van der Waals surface area (Å²) < 4.78 is 9.35. The number of carbonyl (C=O) groups excluding carboxylic acids is 2. The van der Waals surface area contributed by atoms with Gasteiger partial charge in [0.15, 0.2) is 0 Å². The fourth-order valence-corrected chi connectivity index (χ4v) is 1.59. The molecule has 2 rings (SSSR count). The SMILES string of the molecule is C=C.CCCOC(=O)c1ccc(O)cc1.COC(=O)c1ccc(O)cc1.[Na].[Na]. The second-order valence-corrected chi connectivity index (χ2v) is 4.72. The molecule has 6 nitrogen and oxygen atoms in total. The Labute approximate surface area is 210 Å². The van der Waals surface area contributed by atoms with Gasteiger partial charge in [-0.3, -0.25) is 0 Å². The topological polar surface area (TPSA) is 93.1 Å². The molecule has 28 heavy (non-hydrogen) atoms. The van der Waals surface area contributed by atoms with Gasteiger partial charge in [0.2, 0.25) is 0 Å². The Balaban J connectivity index is -0.000000388. The van der Waals surface area contributed by atoms with Crippen LogP contribution in [0.4, 0.5) is 0 Å². The second-order valence-electron chi connectivity index (χ2n) is 4.72. The molecule has 2 N–H and O–H groups in total. The number of hydrogen-bond donors (Lipinski definition) is 2. The number of carbonyl (C=O) groups is 2. The summed E-state index contributed by atoms with van der Waals surface area (Å²) in [4.78, 5) is 22.0. The van der Waals surface area contributed by atoms with E-state index in [1.807, 2.05) is 6.92 Å². The van der Waals surface area contributed by atoms with Gasteiger partial charge >= 0.3 is 11.9 Å².